The van der Waals surface area contributed by atoms with Crippen LogP contribution < -0.4 is 5.32 Å². The van der Waals surface area contributed by atoms with E-state index in [2.05, 4.69) is 16.5 Å². The molecule has 3 N–H and O–H groups in total. The van der Waals surface area contributed by atoms with Gasteiger partial charge in [-0.15, -0.1) is 0 Å². The predicted octanol–water partition coefficient (Wildman–Crippen LogP) is 3.32. The van der Waals surface area contributed by atoms with E-state index in [0.717, 1.165) is 50.4 Å². The van der Waals surface area contributed by atoms with Crippen LogP contribution in [-0.4, -0.2) is 81.5 Å². The fourth-order valence-corrected chi connectivity index (χ4v) is 3.72. The van der Waals surface area contributed by atoms with Crippen molar-refractivity contribution in [3.63, 3.8) is 0 Å². The van der Waals surface area contributed by atoms with Gasteiger partial charge < -0.3 is 25.0 Å². The van der Waals surface area contributed by atoms with E-state index in [1.54, 1.807) is 6.07 Å². The Hall–Kier alpha value is -3.73. The summed E-state index contributed by atoms with van der Waals surface area (Å²) in [7, 11) is 0. The lowest BCUT2D eigenvalue weighted by molar-refractivity contribution is -0.193. The fraction of sp³-hybridized carbons (Fsp3) is 0.542. The highest BCUT2D eigenvalue weighted by atomic mass is 19.4. The summed E-state index contributed by atoms with van der Waals surface area (Å²) in [5, 5.41) is 22.0. The van der Waals surface area contributed by atoms with E-state index in [9.17, 15) is 31.1 Å². The molecule has 4 heterocycles. The van der Waals surface area contributed by atoms with Crippen LogP contribution in [0.4, 0.5) is 26.3 Å². The van der Waals surface area contributed by atoms with Gasteiger partial charge in [-0.3, -0.25) is 9.48 Å². The van der Waals surface area contributed by atoms with E-state index < -0.39 is 24.3 Å². The van der Waals surface area contributed by atoms with Gasteiger partial charge in [0.05, 0.1) is 12.3 Å². The Kier molecular flexibility index (Phi) is 12.1. The van der Waals surface area contributed by atoms with Gasteiger partial charge in [-0.05, 0) is 49.8 Å². The van der Waals surface area contributed by atoms with Gasteiger partial charge in [0.25, 0.3) is 5.91 Å². The Morgan fingerprint density at radius 2 is 1.61 bits per heavy atom. The maximum atomic E-state index is 12.4. The zero-order chi connectivity index (χ0) is 30.8. The number of rotatable bonds is 5. The second kappa shape index (κ2) is 14.8. The Balaban J connectivity index is 0.000000349. The third kappa shape index (κ3) is 11.3. The number of carboxylic acids is 2. The molecule has 1 amide bonds. The van der Waals surface area contributed by atoms with Crippen molar-refractivity contribution in [2.24, 2.45) is 5.92 Å². The van der Waals surface area contributed by atoms with Gasteiger partial charge >= 0.3 is 24.3 Å². The molecule has 1 atom stereocenters. The lowest BCUT2D eigenvalue weighted by Crippen LogP contribution is -2.32. The third-order valence-corrected chi connectivity index (χ3v) is 5.71. The molecule has 228 valence electrons. The Morgan fingerprint density at radius 1 is 1.02 bits per heavy atom. The SMILES string of the molecule is Cc1cccc(C(=O)NCC2OCCc3cn(CC4CCOCC4)nc32)n1.O=C(O)C(F)(F)F.O=C(O)C(F)(F)F. The number of aromatic nitrogens is 3. The Labute approximate surface area is 229 Å². The third-order valence-electron chi connectivity index (χ3n) is 5.71. The van der Waals surface area contributed by atoms with Gasteiger partial charge in [-0.1, -0.05) is 6.07 Å². The molecule has 0 radical (unpaired) electrons. The number of ether oxygens (including phenoxy) is 2. The van der Waals surface area contributed by atoms with Crippen LogP contribution in [0, 0.1) is 12.8 Å². The first-order chi connectivity index (χ1) is 19.1. The van der Waals surface area contributed by atoms with Gasteiger partial charge in [-0.2, -0.15) is 31.4 Å². The highest BCUT2D eigenvalue weighted by Gasteiger charge is 2.39. The molecule has 1 fully saturated rings. The number of hydrogen-bond donors (Lipinski definition) is 3. The fourth-order valence-electron chi connectivity index (χ4n) is 3.72. The average Bonchev–Trinajstić information content (AvgIpc) is 3.30. The Morgan fingerprint density at radius 3 is 2.15 bits per heavy atom. The van der Waals surface area contributed by atoms with E-state index in [1.165, 1.54) is 5.56 Å². The van der Waals surface area contributed by atoms with Crippen molar-refractivity contribution in [1.82, 2.24) is 20.1 Å². The molecule has 2 aliphatic rings. The molecule has 1 saturated heterocycles. The number of amides is 1. The van der Waals surface area contributed by atoms with Crippen molar-refractivity contribution >= 4 is 17.8 Å². The van der Waals surface area contributed by atoms with E-state index in [-0.39, 0.29) is 12.0 Å². The molecule has 0 aliphatic carbocycles. The number of carbonyl (C=O) groups is 3. The first-order valence-corrected chi connectivity index (χ1v) is 12.2. The van der Waals surface area contributed by atoms with Gasteiger partial charge in [0.2, 0.25) is 0 Å². The maximum Gasteiger partial charge on any atom is 0.490 e. The molecule has 11 nitrogen and oxygen atoms in total. The molecule has 0 saturated carbocycles. The summed E-state index contributed by atoms with van der Waals surface area (Å²) in [4.78, 5) is 34.4. The molecule has 2 aromatic heterocycles. The topological polar surface area (TPSA) is 153 Å². The minimum absolute atomic E-state index is 0.184. The number of aryl methyl sites for hydroxylation is 1. The second-order valence-electron chi connectivity index (χ2n) is 8.91. The van der Waals surface area contributed by atoms with Gasteiger partial charge in [0, 0.05) is 38.2 Å². The smallest absolute Gasteiger partial charge is 0.475 e. The van der Waals surface area contributed by atoms with Crippen molar-refractivity contribution < 1.29 is 60.4 Å². The summed E-state index contributed by atoms with van der Waals surface area (Å²) in [6.07, 6.45) is -5.19. The van der Waals surface area contributed by atoms with Gasteiger partial charge in [-0.25, -0.2) is 14.6 Å². The van der Waals surface area contributed by atoms with Crippen molar-refractivity contribution in [2.75, 3.05) is 26.4 Å². The lowest BCUT2D eigenvalue weighted by Gasteiger charge is -2.22. The summed E-state index contributed by atoms with van der Waals surface area (Å²) in [6.45, 7) is 5.53. The van der Waals surface area contributed by atoms with Crippen molar-refractivity contribution in [3.05, 3.63) is 47.0 Å². The maximum absolute atomic E-state index is 12.4. The van der Waals surface area contributed by atoms with Crippen molar-refractivity contribution in [2.45, 2.75) is 51.2 Å². The molecule has 2 aliphatic heterocycles. The number of alkyl halides is 6. The molecular formula is C24H28F6N4O7. The molecule has 2 aromatic rings. The van der Waals surface area contributed by atoms with Crippen LogP contribution in [0.3, 0.4) is 0 Å². The first kappa shape index (κ1) is 33.5. The van der Waals surface area contributed by atoms with Crippen molar-refractivity contribution in [1.29, 1.82) is 0 Å². The quantitative estimate of drug-likeness (QED) is 0.440. The number of nitrogens with zero attached hydrogens (tertiary/aromatic N) is 3. The monoisotopic (exact) mass is 598 g/mol. The summed E-state index contributed by atoms with van der Waals surface area (Å²) in [5.74, 6) is -5.08. The van der Waals surface area contributed by atoms with Crippen LogP contribution in [0.15, 0.2) is 24.4 Å². The zero-order valence-corrected chi connectivity index (χ0v) is 21.7. The second-order valence-corrected chi connectivity index (χ2v) is 8.91. The molecule has 41 heavy (non-hydrogen) atoms. The highest BCUT2D eigenvalue weighted by molar-refractivity contribution is 5.92. The lowest BCUT2D eigenvalue weighted by atomic mass is 10.0. The van der Waals surface area contributed by atoms with E-state index >= 15 is 0 Å². The molecule has 4 rings (SSSR count). The van der Waals surface area contributed by atoms with Crippen molar-refractivity contribution in [3.8, 4) is 0 Å². The van der Waals surface area contributed by atoms with Crippen LogP contribution in [0.5, 0.6) is 0 Å². The summed E-state index contributed by atoms with van der Waals surface area (Å²) >= 11 is 0. The number of pyridine rings is 1. The number of nitrogens with one attached hydrogen (secondary N) is 1. The predicted molar refractivity (Wildman–Crippen MR) is 127 cm³/mol. The number of hydrogen-bond acceptors (Lipinski definition) is 7. The largest absolute Gasteiger partial charge is 0.490 e. The van der Waals surface area contributed by atoms with E-state index in [1.807, 2.05) is 23.7 Å². The summed E-state index contributed by atoms with van der Waals surface area (Å²) < 4.78 is 76.8. The molecule has 17 heteroatoms. The normalized spacial score (nSPS) is 17.2. The summed E-state index contributed by atoms with van der Waals surface area (Å²) in [5.41, 5.74) is 3.42. The number of carboxylic acid groups (broad SMARTS) is 2. The van der Waals surface area contributed by atoms with Crippen LogP contribution in [-0.2, 0) is 32.0 Å². The average molecular weight is 598 g/mol. The van der Waals surface area contributed by atoms with Gasteiger partial charge in [0.1, 0.15) is 11.8 Å². The van der Waals surface area contributed by atoms with E-state index in [4.69, 9.17) is 34.4 Å². The zero-order valence-electron chi connectivity index (χ0n) is 21.7. The van der Waals surface area contributed by atoms with Crippen LogP contribution in [0.1, 0.15) is 46.4 Å². The minimum Gasteiger partial charge on any atom is -0.475 e. The summed E-state index contributed by atoms with van der Waals surface area (Å²) in [6, 6.07) is 5.43. The number of fused-ring (bicyclic) bond motifs is 1. The highest BCUT2D eigenvalue weighted by Crippen LogP contribution is 2.26. The van der Waals surface area contributed by atoms with Crippen LogP contribution >= 0.6 is 0 Å². The molecular weight excluding hydrogens is 570 g/mol. The first-order valence-electron chi connectivity index (χ1n) is 12.2. The number of halogens is 6. The molecule has 0 bridgehead atoms. The molecule has 0 spiro atoms. The molecule has 1 unspecified atom stereocenters. The van der Waals surface area contributed by atoms with Crippen LogP contribution in [0.25, 0.3) is 0 Å². The van der Waals surface area contributed by atoms with Gasteiger partial charge in [0.15, 0.2) is 0 Å². The Bertz CT molecular complexity index is 1160. The number of aliphatic carboxylic acids is 2. The standard InChI is InChI=1S/C20H26N4O3.2C2HF3O2/c1-14-3-2-4-17(22-14)20(25)21-11-18-19-16(7-10-27-18)13-24(23-19)12-15-5-8-26-9-6-15;2*3-2(4,5)1(6)7/h2-4,13,15,18H,5-12H2,1H3,(H,21,25);2*(H,6,7). The number of carbonyl (C=O) groups excluding carboxylic acids is 1. The minimum atomic E-state index is -5.08. The van der Waals surface area contributed by atoms with E-state index in [0.29, 0.717) is 24.8 Å². The van der Waals surface area contributed by atoms with Crippen LogP contribution in [0.2, 0.25) is 0 Å². The molecule has 0 aromatic carbocycles.